The van der Waals surface area contributed by atoms with Crippen LogP contribution in [0, 0.1) is 0 Å². The Morgan fingerprint density at radius 2 is 2.29 bits per heavy atom. The summed E-state index contributed by atoms with van der Waals surface area (Å²) in [4.78, 5) is 11.3. The van der Waals surface area contributed by atoms with E-state index < -0.39 is 0 Å². The van der Waals surface area contributed by atoms with Crippen LogP contribution in [0.15, 0.2) is 53.0 Å². The zero-order valence-electron chi connectivity index (χ0n) is 8.60. The fourth-order valence-electron chi connectivity index (χ4n) is 1.17. The Kier molecular flexibility index (Phi) is 3.92. The highest BCUT2D eigenvalue weighted by Gasteiger charge is 1.93. The van der Waals surface area contributed by atoms with Gasteiger partial charge in [-0.15, -0.1) is 0 Å². The van der Waals surface area contributed by atoms with E-state index in [1.54, 1.807) is 22.9 Å². The first kappa shape index (κ1) is 10.5. The van der Waals surface area contributed by atoms with Gasteiger partial charge in [-0.1, -0.05) is 29.9 Å². The molecule has 0 fully saturated rings. The fraction of sp³-hybridized carbons (Fsp3) is 0.250. The molecule has 1 aromatic heterocycles. The lowest BCUT2D eigenvalue weighted by Gasteiger charge is -2.03. The van der Waals surface area contributed by atoms with Crippen LogP contribution in [0.2, 0.25) is 0 Å². The third-order valence-electron chi connectivity index (χ3n) is 1.89. The molecular weight excluding hydrogens is 174 g/mol. The van der Waals surface area contributed by atoms with Gasteiger partial charge in [-0.05, 0) is 19.9 Å². The molecule has 0 saturated carbocycles. The fourth-order valence-corrected chi connectivity index (χ4v) is 1.17. The summed E-state index contributed by atoms with van der Waals surface area (Å²) in [5, 5.41) is 0. The minimum absolute atomic E-state index is 0.0423. The molecular formula is C12H15NO. The van der Waals surface area contributed by atoms with Gasteiger partial charge in [0.2, 0.25) is 0 Å². The molecule has 2 heteroatoms. The summed E-state index contributed by atoms with van der Waals surface area (Å²) in [6.45, 7) is 4.64. The second kappa shape index (κ2) is 5.22. The van der Waals surface area contributed by atoms with E-state index in [1.807, 2.05) is 38.1 Å². The van der Waals surface area contributed by atoms with E-state index in [0.717, 1.165) is 5.57 Å². The van der Waals surface area contributed by atoms with Gasteiger partial charge in [0.15, 0.2) is 0 Å². The Labute approximate surface area is 84.2 Å². The average Bonchev–Trinajstić information content (AvgIpc) is 2.18. The maximum absolute atomic E-state index is 11.3. The van der Waals surface area contributed by atoms with Crippen molar-refractivity contribution in [2.75, 3.05) is 0 Å². The van der Waals surface area contributed by atoms with Crippen molar-refractivity contribution in [3.63, 3.8) is 0 Å². The van der Waals surface area contributed by atoms with Crippen molar-refractivity contribution in [3.8, 4) is 0 Å². The molecule has 0 spiro atoms. The number of aromatic nitrogens is 1. The maximum Gasteiger partial charge on any atom is 0.250 e. The molecule has 0 aliphatic heterocycles. The molecule has 1 aromatic rings. The van der Waals surface area contributed by atoms with Gasteiger partial charge in [-0.2, -0.15) is 0 Å². The standard InChI is InChI=1S/C12H15NO/c1-3-4-7-11(2)10-13-9-6-5-8-12(13)14/h3-9H,10H2,1-2H3/b4-3?,11-7+. The van der Waals surface area contributed by atoms with E-state index in [9.17, 15) is 4.79 Å². The third kappa shape index (κ3) is 3.05. The van der Waals surface area contributed by atoms with Gasteiger partial charge >= 0.3 is 0 Å². The molecule has 14 heavy (non-hydrogen) atoms. The van der Waals surface area contributed by atoms with Crippen LogP contribution in [0.25, 0.3) is 0 Å². The SMILES string of the molecule is CC=C/C=C(\C)Cn1ccccc1=O. The predicted octanol–water partition coefficient (Wildman–Crippen LogP) is 2.37. The smallest absolute Gasteiger partial charge is 0.250 e. The quantitative estimate of drug-likeness (QED) is 0.669. The summed E-state index contributed by atoms with van der Waals surface area (Å²) in [6, 6.07) is 5.19. The Morgan fingerprint density at radius 3 is 2.93 bits per heavy atom. The van der Waals surface area contributed by atoms with Crippen LogP contribution in [0.5, 0.6) is 0 Å². The normalized spacial score (nSPS) is 12.3. The van der Waals surface area contributed by atoms with Gasteiger partial charge in [-0.3, -0.25) is 4.79 Å². The van der Waals surface area contributed by atoms with Crippen molar-refractivity contribution >= 4 is 0 Å². The van der Waals surface area contributed by atoms with Crippen LogP contribution in [-0.4, -0.2) is 4.57 Å². The Balaban J connectivity index is 2.79. The molecule has 1 heterocycles. The maximum atomic E-state index is 11.3. The molecule has 0 amide bonds. The summed E-state index contributed by atoms with van der Waals surface area (Å²) in [5.74, 6) is 0. The highest BCUT2D eigenvalue weighted by atomic mass is 16.1. The lowest BCUT2D eigenvalue weighted by Crippen LogP contribution is -2.18. The van der Waals surface area contributed by atoms with E-state index in [-0.39, 0.29) is 5.56 Å². The monoisotopic (exact) mass is 189 g/mol. The molecule has 0 aliphatic carbocycles. The number of hydrogen-bond acceptors (Lipinski definition) is 1. The molecule has 0 saturated heterocycles. The molecule has 2 nitrogen and oxygen atoms in total. The van der Waals surface area contributed by atoms with Crippen LogP contribution in [-0.2, 0) is 6.54 Å². The Hall–Kier alpha value is -1.57. The Bertz CT molecular complexity index is 399. The number of allylic oxidation sites excluding steroid dienone is 4. The minimum atomic E-state index is 0.0423. The molecule has 0 bridgehead atoms. The van der Waals surface area contributed by atoms with Crippen molar-refractivity contribution in [2.24, 2.45) is 0 Å². The highest BCUT2D eigenvalue weighted by Crippen LogP contribution is 1.96. The van der Waals surface area contributed by atoms with Crippen molar-refractivity contribution in [1.82, 2.24) is 4.57 Å². The van der Waals surface area contributed by atoms with E-state index in [0.29, 0.717) is 6.54 Å². The topological polar surface area (TPSA) is 22.0 Å². The molecule has 0 aromatic carbocycles. The molecule has 1 rings (SSSR count). The first-order valence-electron chi connectivity index (χ1n) is 4.68. The average molecular weight is 189 g/mol. The van der Waals surface area contributed by atoms with Gasteiger partial charge in [0, 0.05) is 18.8 Å². The predicted molar refractivity (Wildman–Crippen MR) is 59.3 cm³/mol. The van der Waals surface area contributed by atoms with E-state index >= 15 is 0 Å². The van der Waals surface area contributed by atoms with E-state index in [2.05, 4.69) is 0 Å². The Morgan fingerprint density at radius 1 is 1.50 bits per heavy atom. The molecule has 0 N–H and O–H groups in total. The summed E-state index contributed by atoms with van der Waals surface area (Å²) < 4.78 is 1.69. The van der Waals surface area contributed by atoms with E-state index in [1.165, 1.54) is 0 Å². The lowest BCUT2D eigenvalue weighted by molar-refractivity contribution is 0.747. The van der Waals surface area contributed by atoms with Crippen molar-refractivity contribution in [3.05, 3.63) is 58.6 Å². The molecule has 74 valence electrons. The zero-order valence-corrected chi connectivity index (χ0v) is 8.60. The number of hydrogen-bond donors (Lipinski definition) is 0. The summed E-state index contributed by atoms with van der Waals surface area (Å²) in [6.07, 6.45) is 7.76. The first-order valence-corrected chi connectivity index (χ1v) is 4.68. The number of rotatable bonds is 3. The highest BCUT2D eigenvalue weighted by molar-refractivity contribution is 5.10. The second-order valence-corrected chi connectivity index (χ2v) is 3.21. The van der Waals surface area contributed by atoms with Crippen LogP contribution < -0.4 is 5.56 Å². The van der Waals surface area contributed by atoms with Gasteiger partial charge in [0.05, 0.1) is 0 Å². The largest absolute Gasteiger partial charge is 0.311 e. The van der Waals surface area contributed by atoms with Gasteiger partial charge in [-0.25, -0.2) is 0 Å². The second-order valence-electron chi connectivity index (χ2n) is 3.21. The molecule has 0 atom stereocenters. The van der Waals surface area contributed by atoms with Gasteiger partial charge in [0.1, 0.15) is 0 Å². The van der Waals surface area contributed by atoms with Crippen LogP contribution in [0.3, 0.4) is 0 Å². The zero-order chi connectivity index (χ0) is 10.4. The lowest BCUT2D eigenvalue weighted by atomic mass is 10.2. The summed E-state index contributed by atoms with van der Waals surface area (Å²) >= 11 is 0. The summed E-state index contributed by atoms with van der Waals surface area (Å²) in [5.41, 5.74) is 1.21. The van der Waals surface area contributed by atoms with Crippen molar-refractivity contribution in [1.29, 1.82) is 0 Å². The molecule has 0 radical (unpaired) electrons. The third-order valence-corrected chi connectivity index (χ3v) is 1.89. The van der Waals surface area contributed by atoms with Crippen LogP contribution in [0.4, 0.5) is 0 Å². The van der Waals surface area contributed by atoms with Gasteiger partial charge < -0.3 is 4.57 Å². The van der Waals surface area contributed by atoms with Crippen LogP contribution >= 0.6 is 0 Å². The molecule has 0 unspecified atom stereocenters. The molecule has 0 aliphatic rings. The number of nitrogens with zero attached hydrogens (tertiary/aromatic N) is 1. The minimum Gasteiger partial charge on any atom is -0.311 e. The van der Waals surface area contributed by atoms with Gasteiger partial charge in [0.25, 0.3) is 5.56 Å². The van der Waals surface area contributed by atoms with Crippen molar-refractivity contribution < 1.29 is 0 Å². The van der Waals surface area contributed by atoms with Crippen molar-refractivity contribution in [2.45, 2.75) is 20.4 Å². The first-order chi connectivity index (χ1) is 6.74. The summed E-state index contributed by atoms with van der Waals surface area (Å²) in [7, 11) is 0. The van der Waals surface area contributed by atoms with E-state index in [4.69, 9.17) is 0 Å². The number of pyridine rings is 1. The van der Waals surface area contributed by atoms with Crippen LogP contribution in [0.1, 0.15) is 13.8 Å².